The second kappa shape index (κ2) is 5.09. The van der Waals surface area contributed by atoms with Gasteiger partial charge in [-0.2, -0.15) is 0 Å². The minimum atomic E-state index is -0.921. The number of carboxylic acid groups (broad SMARTS) is 1. The van der Waals surface area contributed by atoms with Gasteiger partial charge >= 0.3 is 6.09 Å². The summed E-state index contributed by atoms with van der Waals surface area (Å²) in [5, 5.41) is 19.6. The molecule has 1 aliphatic heterocycles. The number of nitrogens with zero attached hydrogens (tertiary/aromatic N) is 2. The summed E-state index contributed by atoms with van der Waals surface area (Å²) in [6.07, 6.45) is 1.57. The molecule has 0 radical (unpaired) electrons. The molecule has 0 aromatic heterocycles. The number of carbonyl (C=O) groups is 1. The molecule has 100 valence electrons. The zero-order valence-electron chi connectivity index (χ0n) is 10.5. The van der Waals surface area contributed by atoms with Crippen LogP contribution in [0.25, 0.3) is 5.57 Å². The lowest BCUT2D eigenvalue weighted by Crippen LogP contribution is -2.33. The van der Waals surface area contributed by atoms with Crippen molar-refractivity contribution in [2.75, 3.05) is 13.1 Å². The Morgan fingerprint density at radius 3 is 2.68 bits per heavy atom. The first-order valence-corrected chi connectivity index (χ1v) is 5.91. The van der Waals surface area contributed by atoms with E-state index in [9.17, 15) is 14.9 Å². The van der Waals surface area contributed by atoms with Gasteiger partial charge in [0.2, 0.25) is 0 Å². The SMILES string of the molecule is Cc1cc(C2=CCN(C(=O)O)CC2)ccc1[N+](=O)[O-]. The van der Waals surface area contributed by atoms with E-state index in [4.69, 9.17) is 5.11 Å². The van der Waals surface area contributed by atoms with E-state index in [2.05, 4.69) is 0 Å². The average Bonchev–Trinajstić information content (AvgIpc) is 2.38. The van der Waals surface area contributed by atoms with Gasteiger partial charge in [-0.3, -0.25) is 10.1 Å². The molecule has 1 aromatic carbocycles. The Balaban J connectivity index is 2.22. The summed E-state index contributed by atoms with van der Waals surface area (Å²) in [7, 11) is 0. The number of amides is 1. The lowest BCUT2D eigenvalue weighted by molar-refractivity contribution is -0.385. The van der Waals surface area contributed by atoms with Crippen LogP contribution in [0.3, 0.4) is 0 Å². The second-order valence-electron chi connectivity index (χ2n) is 4.47. The molecule has 0 aliphatic carbocycles. The fourth-order valence-electron chi connectivity index (χ4n) is 2.17. The standard InChI is InChI=1S/C13H14N2O4/c1-9-8-11(2-3-12(9)15(18)19)10-4-6-14(7-5-10)13(16)17/h2-4,8H,5-7H2,1H3,(H,16,17). The van der Waals surface area contributed by atoms with Gasteiger partial charge in [0.15, 0.2) is 0 Å². The Kier molecular flexibility index (Phi) is 3.50. The first-order valence-electron chi connectivity index (χ1n) is 5.91. The summed E-state index contributed by atoms with van der Waals surface area (Å²) in [4.78, 5) is 22.5. The van der Waals surface area contributed by atoms with Crippen molar-refractivity contribution in [3.63, 3.8) is 0 Å². The highest BCUT2D eigenvalue weighted by Gasteiger charge is 2.18. The zero-order chi connectivity index (χ0) is 14.0. The summed E-state index contributed by atoms with van der Waals surface area (Å²) >= 11 is 0. The molecule has 2 rings (SSSR count). The first-order chi connectivity index (χ1) is 8.99. The molecule has 0 saturated heterocycles. The molecule has 1 heterocycles. The van der Waals surface area contributed by atoms with Crippen LogP contribution in [-0.4, -0.2) is 34.1 Å². The first kappa shape index (κ1) is 13.1. The zero-order valence-corrected chi connectivity index (χ0v) is 10.5. The van der Waals surface area contributed by atoms with Crippen LogP contribution in [0.1, 0.15) is 17.5 Å². The summed E-state index contributed by atoms with van der Waals surface area (Å²) in [6, 6.07) is 4.99. The molecule has 6 nitrogen and oxygen atoms in total. The average molecular weight is 262 g/mol. The van der Waals surface area contributed by atoms with E-state index in [1.807, 2.05) is 6.08 Å². The van der Waals surface area contributed by atoms with Crippen LogP contribution in [-0.2, 0) is 0 Å². The largest absolute Gasteiger partial charge is 0.465 e. The van der Waals surface area contributed by atoms with Gasteiger partial charge in [0.25, 0.3) is 5.69 Å². The maximum Gasteiger partial charge on any atom is 0.407 e. The third kappa shape index (κ3) is 2.73. The van der Waals surface area contributed by atoms with Crippen LogP contribution in [0.15, 0.2) is 24.3 Å². The molecule has 0 spiro atoms. The molecular formula is C13H14N2O4. The lowest BCUT2D eigenvalue weighted by atomic mass is 9.97. The molecule has 1 N–H and O–H groups in total. The van der Waals surface area contributed by atoms with Crippen molar-refractivity contribution in [2.45, 2.75) is 13.3 Å². The van der Waals surface area contributed by atoms with E-state index in [1.54, 1.807) is 19.1 Å². The van der Waals surface area contributed by atoms with E-state index in [1.165, 1.54) is 11.0 Å². The van der Waals surface area contributed by atoms with Gasteiger partial charge in [-0.25, -0.2) is 4.79 Å². The maximum absolute atomic E-state index is 10.8. The van der Waals surface area contributed by atoms with E-state index in [-0.39, 0.29) is 5.69 Å². The Hall–Kier alpha value is -2.37. The fraction of sp³-hybridized carbons (Fsp3) is 0.308. The smallest absolute Gasteiger partial charge is 0.407 e. The molecule has 0 saturated carbocycles. The number of aryl methyl sites for hydroxylation is 1. The molecule has 1 aliphatic rings. The van der Waals surface area contributed by atoms with Crippen molar-refractivity contribution in [3.8, 4) is 0 Å². The van der Waals surface area contributed by atoms with Gasteiger partial charge in [-0.05, 0) is 36.6 Å². The van der Waals surface area contributed by atoms with Crippen molar-refractivity contribution >= 4 is 17.4 Å². The topological polar surface area (TPSA) is 83.7 Å². The van der Waals surface area contributed by atoms with E-state index < -0.39 is 11.0 Å². The van der Waals surface area contributed by atoms with Crippen LogP contribution in [0.5, 0.6) is 0 Å². The highest BCUT2D eigenvalue weighted by molar-refractivity contribution is 5.72. The normalized spacial score (nSPS) is 15.0. The quantitative estimate of drug-likeness (QED) is 0.656. The highest BCUT2D eigenvalue weighted by Crippen LogP contribution is 2.27. The van der Waals surface area contributed by atoms with Gasteiger partial charge in [0.05, 0.1) is 4.92 Å². The molecule has 0 atom stereocenters. The highest BCUT2D eigenvalue weighted by atomic mass is 16.6. The molecule has 19 heavy (non-hydrogen) atoms. The van der Waals surface area contributed by atoms with E-state index in [0.717, 1.165) is 11.1 Å². The predicted molar refractivity (Wildman–Crippen MR) is 70.0 cm³/mol. The third-order valence-corrected chi connectivity index (χ3v) is 3.24. The van der Waals surface area contributed by atoms with Gasteiger partial charge in [-0.15, -0.1) is 0 Å². The van der Waals surface area contributed by atoms with Crippen LogP contribution in [0.4, 0.5) is 10.5 Å². The van der Waals surface area contributed by atoms with Crippen molar-refractivity contribution in [1.29, 1.82) is 0 Å². The monoisotopic (exact) mass is 262 g/mol. The fourth-order valence-corrected chi connectivity index (χ4v) is 2.17. The number of nitro benzene ring substituents is 1. The summed E-state index contributed by atoms with van der Waals surface area (Å²) in [5.74, 6) is 0. The minimum Gasteiger partial charge on any atom is -0.465 e. The predicted octanol–water partition coefficient (Wildman–Crippen LogP) is 2.67. The molecule has 6 heteroatoms. The van der Waals surface area contributed by atoms with Gasteiger partial charge in [0.1, 0.15) is 0 Å². The molecule has 1 amide bonds. The number of hydrogen-bond donors (Lipinski definition) is 1. The number of rotatable bonds is 2. The van der Waals surface area contributed by atoms with Crippen molar-refractivity contribution in [3.05, 3.63) is 45.5 Å². The summed E-state index contributed by atoms with van der Waals surface area (Å²) < 4.78 is 0. The Morgan fingerprint density at radius 2 is 2.21 bits per heavy atom. The van der Waals surface area contributed by atoms with Crippen molar-refractivity contribution in [1.82, 2.24) is 4.90 Å². The van der Waals surface area contributed by atoms with E-state index in [0.29, 0.717) is 25.1 Å². The molecule has 0 unspecified atom stereocenters. The third-order valence-electron chi connectivity index (χ3n) is 3.24. The van der Waals surface area contributed by atoms with Gasteiger partial charge < -0.3 is 10.0 Å². The molecule has 0 fully saturated rings. The van der Waals surface area contributed by atoms with E-state index >= 15 is 0 Å². The van der Waals surface area contributed by atoms with Gasteiger partial charge in [-0.1, -0.05) is 6.08 Å². The molecular weight excluding hydrogens is 248 g/mol. The Bertz CT molecular complexity index is 566. The van der Waals surface area contributed by atoms with Crippen LogP contribution in [0, 0.1) is 17.0 Å². The number of nitro groups is 1. The van der Waals surface area contributed by atoms with Crippen molar-refractivity contribution < 1.29 is 14.8 Å². The lowest BCUT2D eigenvalue weighted by Gasteiger charge is -2.23. The summed E-state index contributed by atoms with van der Waals surface area (Å²) in [6.45, 7) is 2.52. The minimum absolute atomic E-state index is 0.104. The Labute approximate surface area is 110 Å². The number of benzene rings is 1. The van der Waals surface area contributed by atoms with Crippen LogP contribution >= 0.6 is 0 Å². The second-order valence-corrected chi connectivity index (χ2v) is 4.47. The summed E-state index contributed by atoms with van der Waals surface area (Å²) in [5.41, 5.74) is 2.68. The Morgan fingerprint density at radius 1 is 1.47 bits per heavy atom. The maximum atomic E-state index is 10.8. The number of hydrogen-bond acceptors (Lipinski definition) is 3. The van der Waals surface area contributed by atoms with Gasteiger partial charge in [0, 0.05) is 24.7 Å². The molecule has 1 aromatic rings. The van der Waals surface area contributed by atoms with Crippen molar-refractivity contribution in [2.24, 2.45) is 0 Å². The van der Waals surface area contributed by atoms with Crippen LogP contribution < -0.4 is 0 Å². The molecule has 0 bridgehead atoms. The van der Waals surface area contributed by atoms with Crippen LogP contribution in [0.2, 0.25) is 0 Å².